The second-order valence-electron chi connectivity index (χ2n) is 4.96. The lowest BCUT2D eigenvalue weighted by molar-refractivity contribution is 0.0494. The van der Waals surface area contributed by atoms with Crippen molar-refractivity contribution in [3.63, 3.8) is 0 Å². The van der Waals surface area contributed by atoms with Gasteiger partial charge in [0.25, 0.3) is 0 Å². The van der Waals surface area contributed by atoms with Gasteiger partial charge in [0, 0.05) is 0 Å². The van der Waals surface area contributed by atoms with Crippen LogP contribution in [0.3, 0.4) is 0 Å². The van der Waals surface area contributed by atoms with Gasteiger partial charge in [-0.3, -0.25) is 0 Å². The van der Waals surface area contributed by atoms with Crippen molar-refractivity contribution in [2.75, 3.05) is 13.7 Å². The van der Waals surface area contributed by atoms with Crippen molar-refractivity contribution in [3.05, 3.63) is 29.8 Å². The molecule has 0 amide bonds. The van der Waals surface area contributed by atoms with Crippen LogP contribution in [0.25, 0.3) is 0 Å². The third kappa shape index (κ3) is 6.09. The molecule has 0 bridgehead atoms. The minimum atomic E-state index is -0.298. The van der Waals surface area contributed by atoms with E-state index in [-0.39, 0.29) is 5.97 Å². The molecule has 20 heavy (non-hydrogen) atoms. The highest BCUT2D eigenvalue weighted by Crippen LogP contribution is 2.18. The van der Waals surface area contributed by atoms with Gasteiger partial charge in [-0.05, 0) is 18.6 Å². The van der Waals surface area contributed by atoms with Crippen LogP contribution in [0.2, 0.25) is 0 Å². The van der Waals surface area contributed by atoms with Gasteiger partial charge in [0.2, 0.25) is 0 Å². The zero-order chi connectivity index (χ0) is 14.6. The fraction of sp³-hybridized carbons (Fsp3) is 0.588. The first-order chi connectivity index (χ1) is 9.79. The molecule has 0 atom stereocenters. The summed E-state index contributed by atoms with van der Waals surface area (Å²) in [6.07, 6.45) is 8.49. The maximum atomic E-state index is 11.9. The number of carbonyl (C=O) groups is 1. The first-order valence-electron chi connectivity index (χ1n) is 7.59. The molecule has 0 spiro atoms. The van der Waals surface area contributed by atoms with Crippen LogP contribution >= 0.6 is 0 Å². The summed E-state index contributed by atoms with van der Waals surface area (Å²) < 4.78 is 10.4. The molecule has 3 heteroatoms. The molecule has 0 saturated heterocycles. The van der Waals surface area contributed by atoms with Gasteiger partial charge in [-0.1, -0.05) is 57.6 Å². The largest absolute Gasteiger partial charge is 0.496 e. The van der Waals surface area contributed by atoms with Crippen molar-refractivity contribution in [2.45, 2.75) is 51.9 Å². The molecule has 0 aliphatic heterocycles. The van der Waals surface area contributed by atoms with Crippen molar-refractivity contribution in [1.82, 2.24) is 0 Å². The van der Waals surface area contributed by atoms with Crippen molar-refractivity contribution in [1.29, 1.82) is 0 Å². The van der Waals surface area contributed by atoms with E-state index in [4.69, 9.17) is 9.47 Å². The highest BCUT2D eigenvalue weighted by molar-refractivity contribution is 5.92. The Morgan fingerprint density at radius 1 is 1.00 bits per heavy atom. The minimum absolute atomic E-state index is 0.298. The maximum absolute atomic E-state index is 11.9. The topological polar surface area (TPSA) is 35.5 Å². The molecule has 0 radical (unpaired) electrons. The van der Waals surface area contributed by atoms with E-state index in [1.54, 1.807) is 19.2 Å². The summed E-state index contributed by atoms with van der Waals surface area (Å²) in [5.74, 6) is 0.269. The quantitative estimate of drug-likeness (QED) is 0.463. The van der Waals surface area contributed by atoms with E-state index in [0.29, 0.717) is 17.9 Å². The van der Waals surface area contributed by atoms with E-state index in [9.17, 15) is 4.79 Å². The molecule has 0 aliphatic rings. The van der Waals surface area contributed by atoms with Crippen LogP contribution < -0.4 is 4.74 Å². The summed E-state index contributed by atoms with van der Waals surface area (Å²) >= 11 is 0. The fourth-order valence-electron chi connectivity index (χ4n) is 2.12. The molecule has 0 aromatic heterocycles. The number of methoxy groups -OCH3 is 1. The minimum Gasteiger partial charge on any atom is -0.496 e. The molecular formula is C17H26O3. The fourth-order valence-corrected chi connectivity index (χ4v) is 2.12. The summed E-state index contributed by atoms with van der Waals surface area (Å²) in [5, 5.41) is 0. The Kier molecular flexibility index (Phi) is 8.52. The van der Waals surface area contributed by atoms with Crippen LogP contribution in [-0.2, 0) is 4.74 Å². The second kappa shape index (κ2) is 10.3. The molecule has 1 rings (SSSR count). The zero-order valence-corrected chi connectivity index (χ0v) is 12.7. The number of benzene rings is 1. The summed E-state index contributed by atoms with van der Waals surface area (Å²) in [5.41, 5.74) is 0.498. The SMILES string of the molecule is CCCCCCCCCOC(=O)c1ccccc1OC. The van der Waals surface area contributed by atoms with Crippen LogP contribution in [0.4, 0.5) is 0 Å². The van der Waals surface area contributed by atoms with Crippen LogP contribution in [0.15, 0.2) is 24.3 Å². The standard InChI is InChI=1S/C17H26O3/c1-3-4-5-6-7-8-11-14-20-17(18)15-12-9-10-13-16(15)19-2/h9-10,12-13H,3-8,11,14H2,1-2H3. The molecule has 1 aromatic carbocycles. The van der Waals surface area contributed by atoms with Gasteiger partial charge in [-0.15, -0.1) is 0 Å². The van der Waals surface area contributed by atoms with Gasteiger partial charge >= 0.3 is 5.97 Å². The van der Waals surface area contributed by atoms with E-state index in [1.165, 1.54) is 32.1 Å². The van der Waals surface area contributed by atoms with Crippen molar-refractivity contribution < 1.29 is 14.3 Å². The summed E-state index contributed by atoms with van der Waals surface area (Å²) in [4.78, 5) is 11.9. The Bertz CT molecular complexity index is 388. The van der Waals surface area contributed by atoms with Crippen LogP contribution in [0.5, 0.6) is 5.75 Å². The van der Waals surface area contributed by atoms with Gasteiger partial charge in [0.05, 0.1) is 13.7 Å². The smallest absolute Gasteiger partial charge is 0.341 e. The number of ether oxygens (including phenoxy) is 2. The highest BCUT2D eigenvalue weighted by Gasteiger charge is 2.12. The van der Waals surface area contributed by atoms with Crippen molar-refractivity contribution in [2.24, 2.45) is 0 Å². The van der Waals surface area contributed by atoms with Crippen LogP contribution in [0, 0.1) is 0 Å². The molecule has 0 aliphatic carbocycles. The molecule has 0 saturated carbocycles. The predicted molar refractivity (Wildman–Crippen MR) is 81.3 cm³/mol. The predicted octanol–water partition coefficient (Wildman–Crippen LogP) is 4.60. The van der Waals surface area contributed by atoms with Crippen molar-refractivity contribution >= 4 is 5.97 Å². The summed E-state index contributed by atoms with van der Waals surface area (Å²) in [6.45, 7) is 2.71. The molecular weight excluding hydrogens is 252 g/mol. The van der Waals surface area contributed by atoms with E-state index in [1.807, 2.05) is 12.1 Å². The summed E-state index contributed by atoms with van der Waals surface area (Å²) in [7, 11) is 1.56. The molecule has 1 aromatic rings. The lowest BCUT2D eigenvalue weighted by Crippen LogP contribution is -2.08. The number of hydrogen-bond acceptors (Lipinski definition) is 3. The van der Waals surface area contributed by atoms with Crippen molar-refractivity contribution in [3.8, 4) is 5.75 Å². The van der Waals surface area contributed by atoms with E-state index >= 15 is 0 Å². The van der Waals surface area contributed by atoms with E-state index in [0.717, 1.165) is 12.8 Å². The Balaban J connectivity index is 2.17. The van der Waals surface area contributed by atoms with Gasteiger partial charge < -0.3 is 9.47 Å². The molecule has 3 nitrogen and oxygen atoms in total. The molecule has 0 heterocycles. The van der Waals surface area contributed by atoms with Gasteiger partial charge in [0.15, 0.2) is 0 Å². The molecule has 0 unspecified atom stereocenters. The number of para-hydroxylation sites is 1. The van der Waals surface area contributed by atoms with Gasteiger partial charge in [0.1, 0.15) is 11.3 Å². The monoisotopic (exact) mass is 278 g/mol. The average molecular weight is 278 g/mol. The normalized spacial score (nSPS) is 10.3. The third-order valence-corrected chi connectivity index (χ3v) is 3.31. The second-order valence-corrected chi connectivity index (χ2v) is 4.96. The zero-order valence-electron chi connectivity index (χ0n) is 12.7. The van der Waals surface area contributed by atoms with Crippen LogP contribution in [0.1, 0.15) is 62.2 Å². The number of unbranched alkanes of at least 4 members (excludes halogenated alkanes) is 6. The number of rotatable bonds is 10. The summed E-state index contributed by atoms with van der Waals surface area (Å²) in [6, 6.07) is 7.15. The van der Waals surface area contributed by atoms with E-state index < -0.39 is 0 Å². The third-order valence-electron chi connectivity index (χ3n) is 3.31. The Hall–Kier alpha value is -1.51. The lowest BCUT2D eigenvalue weighted by atomic mass is 10.1. The first-order valence-corrected chi connectivity index (χ1v) is 7.59. The van der Waals surface area contributed by atoms with Gasteiger partial charge in [-0.25, -0.2) is 4.79 Å². The molecule has 112 valence electrons. The first kappa shape index (κ1) is 16.5. The Morgan fingerprint density at radius 3 is 2.35 bits per heavy atom. The number of esters is 1. The van der Waals surface area contributed by atoms with Gasteiger partial charge in [-0.2, -0.15) is 0 Å². The maximum Gasteiger partial charge on any atom is 0.341 e. The van der Waals surface area contributed by atoms with Crippen LogP contribution in [-0.4, -0.2) is 19.7 Å². The lowest BCUT2D eigenvalue weighted by Gasteiger charge is -2.08. The molecule has 0 fully saturated rings. The highest BCUT2D eigenvalue weighted by atomic mass is 16.5. The number of hydrogen-bond donors (Lipinski definition) is 0. The molecule has 0 N–H and O–H groups in total. The van der Waals surface area contributed by atoms with E-state index in [2.05, 4.69) is 6.92 Å². The Morgan fingerprint density at radius 2 is 1.65 bits per heavy atom. The number of carbonyl (C=O) groups excluding carboxylic acids is 1. The average Bonchev–Trinajstić information content (AvgIpc) is 2.49. The Labute approximate surface area is 122 Å².